The van der Waals surface area contributed by atoms with Gasteiger partial charge in [0.1, 0.15) is 11.9 Å². The molecular formula is C15H20N6O2. The summed E-state index contributed by atoms with van der Waals surface area (Å²) in [5.74, 6) is 1.22. The number of hydrogen-bond donors (Lipinski definition) is 1. The lowest BCUT2D eigenvalue weighted by molar-refractivity contribution is -0.121. The van der Waals surface area contributed by atoms with Gasteiger partial charge in [-0.1, -0.05) is 0 Å². The molecule has 0 aromatic carbocycles. The van der Waals surface area contributed by atoms with Crippen LogP contribution in [0.1, 0.15) is 36.9 Å². The van der Waals surface area contributed by atoms with Gasteiger partial charge in [0.2, 0.25) is 11.9 Å². The highest BCUT2D eigenvalue weighted by atomic mass is 16.5. The first-order valence-corrected chi connectivity index (χ1v) is 8.06. The van der Waals surface area contributed by atoms with Crippen molar-refractivity contribution < 1.29 is 9.53 Å². The maximum Gasteiger partial charge on any atom is 0.232 e. The Bertz CT molecular complexity index is 721. The van der Waals surface area contributed by atoms with Crippen LogP contribution in [0.3, 0.4) is 0 Å². The second kappa shape index (κ2) is 5.77. The lowest BCUT2D eigenvalue weighted by Gasteiger charge is -2.19. The van der Waals surface area contributed by atoms with Crippen LogP contribution in [0.5, 0.6) is 0 Å². The minimum absolute atomic E-state index is 0.0607. The Kier molecular flexibility index (Phi) is 3.60. The average Bonchev–Trinajstić information content (AvgIpc) is 3.27. The molecule has 2 aromatic rings. The SMILES string of the molecule is Cn1nccc1[C@@H]1OCC[C@H]1C(=O)Nc1nnc2n1CCCC2. The molecule has 0 radical (unpaired) electrons. The molecule has 0 unspecified atom stereocenters. The van der Waals surface area contributed by atoms with Crippen molar-refractivity contribution >= 4 is 11.9 Å². The Hall–Kier alpha value is -2.22. The summed E-state index contributed by atoms with van der Waals surface area (Å²) in [6, 6.07) is 1.90. The van der Waals surface area contributed by atoms with Crippen molar-refractivity contribution in [1.29, 1.82) is 0 Å². The van der Waals surface area contributed by atoms with Gasteiger partial charge in [-0.2, -0.15) is 5.10 Å². The van der Waals surface area contributed by atoms with Gasteiger partial charge in [0, 0.05) is 32.8 Å². The van der Waals surface area contributed by atoms with E-state index in [-0.39, 0.29) is 17.9 Å². The van der Waals surface area contributed by atoms with Gasteiger partial charge in [-0.3, -0.25) is 19.4 Å². The van der Waals surface area contributed by atoms with Crippen LogP contribution >= 0.6 is 0 Å². The van der Waals surface area contributed by atoms with Crippen molar-refractivity contribution in [2.24, 2.45) is 13.0 Å². The molecule has 0 saturated carbocycles. The van der Waals surface area contributed by atoms with Gasteiger partial charge >= 0.3 is 0 Å². The lowest BCUT2D eigenvalue weighted by Crippen LogP contribution is -2.28. The van der Waals surface area contributed by atoms with Gasteiger partial charge in [-0.05, 0) is 25.3 Å². The van der Waals surface area contributed by atoms with Gasteiger partial charge < -0.3 is 4.74 Å². The van der Waals surface area contributed by atoms with Crippen molar-refractivity contribution in [2.75, 3.05) is 11.9 Å². The predicted molar refractivity (Wildman–Crippen MR) is 81.6 cm³/mol. The van der Waals surface area contributed by atoms with E-state index >= 15 is 0 Å². The summed E-state index contributed by atoms with van der Waals surface area (Å²) in [6.07, 6.45) is 5.31. The summed E-state index contributed by atoms with van der Waals surface area (Å²) < 4.78 is 9.55. The number of amides is 1. The number of carbonyl (C=O) groups is 1. The van der Waals surface area contributed by atoms with Crippen molar-refractivity contribution in [3.63, 3.8) is 0 Å². The molecule has 1 fully saturated rings. The smallest absolute Gasteiger partial charge is 0.232 e. The number of nitrogens with zero attached hydrogens (tertiary/aromatic N) is 5. The van der Waals surface area contributed by atoms with Crippen LogP contribution in [-0.2, 0) is 29.5 Å². The third-order valence-corrected chi connectivity index (χ3v) is 4.67. The zero-order valence-corrected chi connectivity index (χ0v) is 13.1. The van der Waals surface area contributed by atoms with E-state index in [0.29, 0.717) is 19.0 Å². The fourth-order valence-corrected chi connectivity index (χ4v) is 3.42. The second-order valence-electron chi connectivity index (χ2n) is 6.10. The number of hydrogen-bond acceptors (Lipinski definition) is 5. The molecule has 1 saturated heterocycles. The zero-order chi connectivity index (χ0) is 15.8. The second-order valence-corrected chi connectivity index (χ2v) is 6.10. The van der Waals surface area contributed by atoms with Crippen LogP contribution < -0.4 is 5.32 Å². The van der Waals surface area contributed by atoms with Crippen molar-refractivity contribution in [3.05, 3.63) is 23.8 Å². The van der Waals surface area contributed by atoms with Gasteiger partial charge in [0.05, 0.1) is 11.6 Å². The summed E-state index contributed by atoms with van der Waals surface area (Å²) in [6.45, 7) is 1.44. The van der Waals surface area contributed by atoms with E-state index in [4.69, 9.17) is 4.74 Å². The van der Waals surface area contributed by atoms with Crippen LogP contribution in [-0.4, -0.2) is 37.1 Å². The van der Waals surface area contributed by atoms with Crippen molar-refractivity contribution in [2.45, 2.75) is 38.3 Å². The third kappa shape index (κ3) is 2.52. The van der Waals surface area contributed by atoms with E-state index in [1.165, 1.54) is 0 Å². The van der Waals surface area contributed by atoms with E-state index in [1.807, 2.05) is 17.7 Å². The normalized spacial score (nSPS) is 23.7. The Morgan fingerprint density at radius 3 is 3.13 bits per heavy atom. The third-order valence-electron chi connectivity index (χ3n) is 4.67. The van der Waals surface area contributed by atoms with E-state index in [9.17, 15) is 4.79 Å². The van der Waals surface area contributed by atoms with Gasteiger partial charge in [0.15, 0.2) is 0 Å². The van der Waals surface area contributed by atoms with E-state index in [0.717, 1.165) is 37.3 Å². The standard InChI is InChI=1S/C15H20N6O2/c1-20-11(5-7-16-20)13-10(6-9-23-13)14(22)17-15-19-18-12-4-2-3-8-21(12)15/h5,7,10,13H,2-4,6,8-9H2,1H3,(H,17,19,22)/t10-,13-/m1/s1. The van der Waals surface area contributed by atoms with E-state index in [2.05, 4.69) is 20.6 Å². The molecule has 1 N–H and O–H groups in total. The zero-order valence-electron chi connectivity index (χ0n) is 13.1. The van der Waals surface area contributed by atoms with Crippen LogP contribution in [0, 0.1) is 5.92 Å². The molecule has 1 amide bonds. The van der Waals surface area contributed by atoms with Gasteiger partial charge in [0.25, 0.3) is 0 Å². The summed E-state index contributed by atoms with van der Waals surface area (Å²) >= 11 is 0. The average molecular weight is 316 g/mol. The monoisotopic (exact) mass is 316 g/mol. The first-order valence-electron chi connectivity index (χ1n) is 8.06. The molecule has 2 aliphatic heterocycles. The quantitative estimate of drug-likeness (QED) is 0.915. The fourth-order valence-electron chi connectivity index (χ4n) is 3.42. The summed E-state index contributed by atoms with van der Waals surface area (Å²) in [5.41, 5.74) is 0.922. The number of carbonyl (C=O) groups excluding carboxylic acids is 1. The minimum Gasteiger partial charge on any atom is -0.371 e. The summed E-state index contributed by atoms with van der Waals surface area (Å²) in [7, 11) is 1.86. The number of aromatic nitrogens is 5. The molecule has 0 aliphatic carbocycles. The molecule has 8 heteroatoms. The van der Waals surface area contributed by atoms with E-state index in [1.54, 1.807) is 10.9 Å². The van der Waals surface area contributed by atoms with Crippen LogP contribution in [0.25, 0.3) is 0 Å². The maximum atomic E-state index is 12.7. The van der Waals surface area contributed by atoms with Crippen LogP contribution in [0.4, 0.5) is 5.95 Å². The van der Waals surface area contributed by atoms with Crippen LogP contribution in [0.15, 0.2) is 12.3 Å². The van der Waals surface area contributed by atoms with Gasteiger partial charge in [-0.25, -0.2) is 0 Å². The maximum absolute atomic E-state index is 12.7. The molecule has 4 rings (SSSR count). The number of nitrogens with one attached hydrogen (secondary N) is 1. The molecule has 23 heavy (non-hydrogen) atoms. The number of fused-ring (bicyclic) bond motifs is 1. The lowest BCUT2D eigenvalue weighted by atomic mass is 9.98. The molecule has 2 aliphatic rings. The Morgan fingerprint density at radius 1 is 1.39 bits per heavy atom. The van der Waals surface area contributed by atoms with Crippen LogP contribution in [0.2, 0.25) is 0 Å². The first kappa shape index (κ1) is 14.4. The molecule has 8 nitrogen and oxygen atoms in total. The molecule has 4 heterocycles. The summed E-state index contributed by atoms with van der Waals surface area (Å²) in [5, 5.41) is 15.4. The minimum atomic E-state index is -0.258. The molecular weight excluding hydrogens is 296 g/mol. The Labute approximate surface area is 133 Å². The molecule has 0 spiro atoms. The number of anilines is 1. The molecule has 2 aromatic heterocycles. The highest BCUT2D eigenvalue weighted by molar-refractivity contribution is 5.91. The molecule has 122 valence electrons. The number of ether oxygens (including phenoxy) is 1. The fraction of sp³-hybridized carbons (Fsp3) is 0.600. The van der Waals surface area contributed by atoms with Gasteiger partial charge in [-0.15, -0.1) is 10.2 Å². The number of aryl methyl sites for hydroxylation is 2. The molecule has 2 atom stereocenters. The summed E-state index contributed by atoms with van der Waals surface area (Å²) in [4.78, 5) is 12.7. The topological polar surface area (TPSA) is 86.9 Å². The Morgan fingerprint density at radius 2 is 2.30 bits per heavy atom. The number of rotatable bonds is 3. The Balaban J connectivity index is 1.52. The van der Waals surface area contributed by atoms with Crippen molar-refractivity contribution in [3.8, 4) is 0 Å². The molecule has 0 bridgehead atoms. The first-order chi connectivity index (χ1) is 11.2. The van der Waals surface area contributed by atoms with Crippen molar-refractivity contribution in [1.82, 2.24) is 24.5 Å². The largest absolute Gasteiger partial charge is 0.371 e. The highest BCUT2D eigenvalue weighted by Crippen LogP contribution is 2.35. The predicted octanol–water partition coefficient (Wildman–Crippen LogP) is 1.06. The van der Waals surface area contributed by atoms with E-state index < -0.39 is 0 Å². The highest BCUT2D eigenvalue weighted by Gasteiger charge is 2.37.